The lowest BCUT2D eigenvalue weighted by Gasteiger charge is -2.26. The van der Waals surface area contributed by atoms with Gasteiger partial charge in [0.15, 0.2) is 0 Å². The molecule has 0 bridgehead atoms. The van der Waals surface area contributed by atoms with Crippen molar-refractivity contribution in [2.24, 2.45) is 0 Å². The van der Waals surface area contributed by atoms with Gasteiger partial charge >= 0.3 is 0 Å². The average molecular weight is 585 g/mol. The van der Waals surface area contributed by atoms with Crippen LogP contribution in [-0.2, 0) is 0 Å². The number of rotatable bonds is 6. The van der Waals surface area contributed by atoms with E-state index in [0.717, 1.165) is 11.1 Å². The predicted molar refractivity (Wildman–Crippen MR) is 201 cm³/mol. The van der Waals surface area contributed by atoms with E-state index in [1.54, 1.807) is 0 Å². The van der Waals surface area contributed by atoms with Gasteiger partial charge in [0.05, 0.1) is 0 Å². The van der Waals surface area contributed by atoms with Crippen LogP contribution in [0.15, 0.2) is 171 Å². The van der Waals surface area contributed by atoms with E-state index in [0.29, 0.717) is 0 Å². The first-order chi connectivity index (χ1) is 22.8. The van der Waals surface area contributed by atoms with Gasteiger partial charge in [-0.15, -0.1) is 0 Å². The smallest absolute Gasteiger partial charge is 0.000139 e. The molecular weight excluding hydrogens is 553 g/mol. The molecule has 0 heteroatoms. The van der Waals surface area contributed by atoms with Gasteiger partial charge in [-0.2, -0.15) is 0 Å². The first-order valence-corrected chi connectivity index (χ1v) is 15.8. The highest BCUT2D eigenvalue weighted by Crippen LogP contribution is 2.53. The van der Waals surface area contributed by atoms with Crippen molar-refractivity contribution in [2.45, 2.75) is 0 Å². The third-order valence-corrected chi connectivity index (χ3v) is 9.17. The van der Waals surface area contributed by atoms with Crippen LogP contribution in [0.1, 0.15) is 11.1 Å². The van der Waals surface area contributed by atoms with E-state index < -0.39 is 0 Å². The van der Waals surface area contributed by atoms with Gasteiger partial charge in [0.25, 0.3) is 0 Å². The predicted octanol–water partition coefficient (Wildman–Crippen LogP) is 13.1. The van der Waals surface area contributed by atoms with E-state index in [-0.39, 0.29) is 0 Å². The summed E-state index contributed by atoms with van der Waals surface area (Å²) in [4.78, 5) is 0. The molecule has 8 aromatic carbocycles. The number of fused-ring (bicyclic) bond motifs is 3. The van der Waals surface area contributed by atoms with Crippen molar-refractivity contribution in [2.75, 3.05) is 0 Å². The highest BCUT2D eigenvalue weighted by molar-refractivity contribution is 6.34. The summed E-state index contributed by atoms with van der Waals surface area (Å²) in [6.45, 7) is 8.41. The summed E-state index contributed by atoms with van der Waals surface area (Å²) in [6.07, 6.45) is 3.90. The van der Waals surface area contributed by atoms with E-state index in [9.17, 15) is 0 Å². The van der Waals surface area contributed by atoms with Gasteiger partial charge in [0.2, 0.25) is 0 Å². The molecule has 8 aromatic rings. The maximum atomic E-state index is 4.20. The molecule has 0 atom stereocenters. The Hall–Kier alpha value is -5.98. The van der Waals surface area contributed by atoms with Crippen LogP contribution in [-0.4, -0.2) is 0 Å². The quantitative estimate of drug-likeness (QED) is 0.171. The molecule has 0 unspecified atom stereocenters. The van der Waals surface area contributed by atoms with Crippen molar-refractivity contribution < 1.29 is 0 Å². The summed E-state index contributed by atoms with van der Waals surface area (Å²) in [5.74, 6) is 0. The Bertz CT molecular complexity index is 2230. The van der Waals surface area contributed by atoms with Crippen LogP contribution in [0.3, 0.4) is 0 Å². The van der Waals surface area contributed by atoms with Crippen LogP contribution in [0.25, 0.3) is 89.0 Å². The summed E-state index contributed by atoms with van der Waals surface area (Å²) < 4.78 is 0. The normalized spacial score (nSPS) is 11.2. The molecule has 0 spiro atoms. The third kappa shape index (κ3) is 4.38. The lowest BCUT2D eigenvalue weighted by molar-refractivity contribution is 1.62. The highest BCUT2D eigenvalue weighted by Gasteiger charge is 2.26. The van der Waals surface area contributed by atoms with Gasteiger partial charge in [-0.1, -0.05) is 171 Å². The van der Waals surface area contributed by atoms with E-state index in [2.05, 4.69) is 171 Å². The van der Waals surface area contributed by atoms with Crippen LogP contribution < -0.4 is 0 Å². The Labute approximate surface area is 270 Å². The number of hydrogen-bond acceptors (Lipinski definition) is 0. The van der Waals surface area contributed by atoms with Crippen LogP contribution in [0.5, 0.6) is 0 Å². The molecule has 0 radical (unpaired) electrons. The summed E-state index contributed by atoms with van der Waals surface area (Å²) in [7, 11) is 0. The van der Waals surface area contributed by atoms with E-state index >= 15 is 0 Å². The fourth-order valence-electron chi connectivity index (χ4n) is 7.23. The fraction of sp³-hybridized carbons (Fsp3) is 0. The molecule has 0 heterocycles. The standard InChI is InChI=1S/C46H32/c1-3-31-29-39-40(30-32(31)4-2)44(36-25-15-8-16-26-36)46-42(34-21-11-6-12-22-34)38-28-18-17-27-37(38)41(33-19-9-5-10-20-33)45(46)43(39)35-23-13-7-14-24-35/h3-30H,1-2H2. The first-order valence-electron chi connectivity index (χ1n) is 15.8. The molecule has 0 aromatic heterocycles. The SMILES string of the molecule is C=Cc1cc2c(-c3ccccc3)c3c(-c4ccccc4)c4ccccc4c(-c4ccccc4)c3c(-c3ccccc3)c2cc1C=C. The minimum absolute atomic E-state index is 1.07. The zero-order valence-corrected chi connectivity index (χ0v) is 25.6. The second-order valence-electron chi connectivity index (χ2n) is 11.7. The highest BCUT2D eigenvalue weighted by atomic mass is 14.3. The number of benzene rings is 8. The Kier molecular flexibility index (Phi) is 6.89. The summed E-state index contributed by atoms with van der Waals surface area (Å²) in [5.41, 5.74) is 11.9. The second kappa shape index (κ2) is 11.5. The van der Waals surface area contributed by atoms with Crippen molar-refractivity contribution in [1.82, 2.24) is 0 Å². The largest absolute Gasteiger partial charge is 0.0984 e. The third-order valence-electron chi connectivity index (χ3n) is 9.17. The van der Waals surface area contributed by atoms with Gasteiger partial charge in [-0.05, 0) is 100 Å². The molecule has 0 aliphatic heterocycles. The van der Waals surface area contributed by atoms with Gasteiger partial charge in [-0.3, -0.25) is 0 Å². The van der Waals surface area contributed by atoms with Crippen LogP contribution in [0.2, 0.25) is 0 Å². The molecule has 0 amide bonds. The van der Waals surface area contributed by atoms with Crippen molar-refractivity contribution in [3.05, 3.63) is 182 Å². The van der Waals surface area contributed by atoms with Gasteiger partial charge < -0.3 is 0 Å². The van der Waals surface area contributed by atoms with Crippen molar-refractivity contribution >= 4 is 44.5 Å². The minimum Gasteiger partial charge on any atom is -0.0984 e. The van der Waals surface area contributed by atoms with Crippen molar-refractivity contribution in [3.8, 4) is 44.5 Å². The first kappa shape index (κ1) is 27.6. The Morgan fingerprint density at radius 2 is 0.565 bits per heavy atom. The Morgan fingerprint density at radius 3 is 0.848 bits per heavy atom. The Balaban J connectivity index is 1.80. The molecule has 0 saturated carbocycles. The monoisotopic (exact) mass is 584 g/mol. The van der Waals surface area contributed by atoms with E-state index in [4.69, 9.17) is 0 Å². The van der Waals surface area contributed by atoms with Crippen LogP contribution in [0.4, 0.5) is 0 Å². The zero-order chi connectivity index (χ0) is 31.0. The summed E-state index contributed by atoms with van der Waals surface area (Å²) >= 11 is 0. The molecule has 0 fully saturated rings. The lowest BCUT2D eigenvalue weighted by Crippen LogP contribution is -1.98. The zero-order valence-electron chi connectivity index (χ0n) is 25.6. The second-order valence-corrected chi connectivity index (χ2v) is 11.7. The topological polar surface area (TPSA) is 0 Å². The van der Waals surface area contributed by atoms with Gasteiger partial charge in [0, 0.05) is 0 Å². The number of hydrogen-bond donors (Lipinski definition) is 0. The molecule has 46 heavy (non-hydrogen) atoms. The molecule has 0 nitrogen and oxygen atoms in total. The molecule has 216 valence electrons. The molecule has 0 aliphatic carbocycles. The summed E-state index contributed by atoms with van der Waals surface area (Å²) in [5, 5.41) is 7.38. The van der Waals surface area contributed by atoms with Crippen molar-refractivity contribution in [1.29, 1.82) is 0 Å². The summed E-state index contributed by atoms with van der Waals surface area (Å²) in [6, 6.07) is 57.1. The van der Waals surface area contributed by atoms with E-state index in [1.165, 1.54) is 76.8 Å². The maximum Gasteiger partial charge on any atom is -0.000139 e. The molecule has 8 rings (SSSR count). The minimum atomic E-state index is 1.07. The average Bonchev–Trinajstić information content (AvgIpc) is 3.13. The Morgan fingerprint density at radius 1 is 0.304 bits per heavy atom. The van der Waals surface area contributed by atoms with Gasteiger partial charge in [-0.25, -0.2) is 0 Å². The maximum absolute atomic E-state index is 4.20. The lowest BCUT2D eigenvalue weighted by atomic mass is 9.77. The van der Waals surface area contributed by atoms with Crippen molar-refractivity contribution in [3.63, 3.8) is 0 Å². The van der Waals surface area contributed by atoms with Crippen LogP contribution >= 0.6 is 0 Å². The van der Waals surface area contributed by atoms with E-state index in [1.807, 2.05) is 12.2 Å². The van der Waals surface area contributed by atoms with Crippen LogP contribution in [0, 0.1) is 0 Å². The fourth-order valence-corrected chi connectivity index (χ4v) is 7.23. The molecule has 0 aliphatic rings. The molecular formula is C46H32. The van der Waals surface area contributed by atoms with Gasteiger partial charge in [0.1, 0.15) is 0 Å². The molecule has 0 saturated heterocycles. The molecule has 0 N–H and O–H groups in total.